The summed E-state index contributed by atoms with van der Waals surface area (Å²) in [5, 5.41) is 3.95. The van der Waals surface area contributed by atoms with Crippen LogP contribution in [0.4, 0.5) is 13.2 Å². The van der Waals surface area contributed by atoms with Crippen LogP contribution < -0.4 is 5.73 Å². The molecule has 3 nitrogen and oxygen atoms in total. The standard InChI is InChI=1S/C11H10F3N3/c12-11(13,14)10-3-2-9(6-8(10)7-15)17-5-1-4-16-17/h1-6H,7,15H2. The van der Waals surface area contributed by atoms with Crippen LogP contribution in [0.15, 0.2) is 36.7 Å². The Hall–Kier alpha value is -1.82. The molecule has 0 saturated heterocycles. The van der Waals surface area contributed by atoms with Crippen molar-refractivity contribution in [2.24, 2.45) is 5.73 Å². The topological polar surface area (TPSA) is 43.8 Å². The first-order chi connectivity index (χ1) is 8.02. The van der Waals surface area contributed by atoms with Crippen LogP contribution >= 0.6 is 0 Å². The van der Waals surface area contributed by atoms with Crippen LogP contribution in [-0.4, -0.2) is 9.78 Å². The summed E-state index contributed by atoms with van der Waals surface area (Å²) in [6, 6.07) is 5.49. The van der Waals surface area contributed by atoms with Crippen molar-refractivity contribution >= 4 is 0 Å². The molecular formula is C11H10F3N3. The molecule has 90 valence electrons. The fourth-order valence-corrected chi connectivity index (χ4v) is 1.59. The number of benzene rings is 1. The van der Waals surface area contributed by atoms with E-state index < -0.39 is 11.7 Å². The zero-order valence-corrected chi connectivity index (χ0v) is 8.78. The first-order valence-corrected chi connectivity index (χ1v) is 4.92. The molecule has 0 unspecified atom stereocenters. The quantitative estimate of drug-likeness (QED) is 0.877. The van der Waals surface area contributed by atoms with Crippen molar-refractivity contribution in [3.05, 3.63) is 47.8 Å². The molecule has 0 aliphatic carbocycles. The normalized spacial score (nSPS) is 11.8. The van der Waals surface area contributed by atoms with Gasteiger partial charge in [-0.05, 0) is 29.8 Å². The second kappa shape index (κ2) is 4.21. The van der Waals surface area contributed by atoms with Crippen LogP contribution in [0.5, 0.6) is 0 Å². The summed E-state index contributed by atoms with van der Waals surface area (Å²) >= 11 is 0. The van der Waals surface area contributed by atoms with Gasteiger partial charge < -0.3 is 5.73 Å². The number of alkyl halides is 3. The van der Waals surface area contributed by atoms with Gasteiger partial charge in [0, 0.05) is 18.9 Å². The second-order valence-corrected chi connectivity index (χ2v) is 3.49. The van der Waals surface area contributed by atoms with E-state index in [4.69, 9.17) is 5.73 Å². The van der Waals surface area contributed by atoms with Gasteiger partial charge in [0.25, 0.3) is 0 Å². The van der Waals surface area contributed by atoms with Crippen LogP contribution in [-0.2, 0) is 12.7 Å². The SMILES string of the molecule is NCc1cc(-n2cccn2)ccc1C(F)(F)F. The van der Waals surface area contributed by atoms with Gasteiger partial charge in [0.15, 0.2) is 0 Å². The summed E-state index contributed by atoms with van der Waals surface area (Å²) in [5.41, 5.74) is 5.26. The van der Waals surface area contributed by atoms with Crippen molar-refractivity contribution in [1.29, 1.82) is 0 Å². The molecule has 0 fully saturated rings. The molecule has 6 heteroatoms. The second-order valence-electron chi connectivity index (χ2n) is 3.49. The van der Waals surface area contributed by atoms with Gasteiger partial charge in [0.1, 0.15) is 0 Å². The van der Waals surface area contributed by atoms with E-state index in [1.54, 1.807) is 18.5 Å². The summed E-state index contributed by atoms with van der Waals surface area (Å²) < 4.78 is 39.4. The van der Waals surface area contributed by atoms with Crippen molar-refractivity contribution in [3.63, 3.8) is 0 Å². The van der Waals surface area contributed by atoms with Crippen molar-refractivity contribution < 1.29 is 13.2 Å². The third-order valence-electron chi connectivity index (χ3n) is 2.38. The molecule has 0 spiro atoms. The predicted molar refractivity (Wildman–Crippen MR) is 56.5 cm³/mol. The number of aromatic nitrogens is 2. The lowest BCUT2D eigenvalue weighted by Gasteiger charge is -2.13. The Morgan fingerprint density at radius 3 is 2.59 bits per heavy atom. The highest BCUT2D eigenvalue weighted by molar-refractivity contribution is 5.41. The summed E-state index contributed by atoms with van der Waals surface area (Å²) in [7, 11) is 0. The van der Waals surface area contributed by atoms with Gasteiger partial charge in [0.2, 0.25) is 0 Å². The molecule has 1 heterocycles. The maximum Gasteiger partial charge on any atom is 0.416 e. The van der Waals surface area contributed by atoms with E-state index in [2.05, 4.69) is 5.10 Å². The molecule has 0 aliphatic rings. The minimum absolute atomic E-state index is 0.0606. The highest BCUT2D eigenvalue weighted by Gasteiger charge is 2.32. The first-order valence-electron chi connectivity index (χ1n) is 4.92. The van der Waals surface area contributed by atoms with Gasteiger partial charge in [-0.3, -0.25) is 0 Å². The molecule has 0 aliphatic heterocycles. The minimum Gasteiger partial charge on any atom is -0.326 e. The monoisotopic (exact) mass is 241 g/mol. The Morgan fingerprint density at radius 2 is 2.06 bits per heavy atom. The molecule has 17 heavy (non-hydrogen) atoms. The first kappa shape index (κ1) is 11.7. The highest BCUT2D eigenvalue weighted by Crippen LogP contribution is 2.32. The summed E-state index contributed by atoms with van der Waals surface area (Å²) in [6.45, 7) is -0.163. The lowest BCUT2D eigenvalue weighted by atomic mass is 10.1. The maximum atomic E-state index is 12.6. The average Bonchev–Trinajstić information content (AvgIpc) is 2.80. The molecule has 0 bridgehead atoms. The number of halogens is 3. The van der Waals surface area contributed by atoms with Gasteiger partial charge in [-0.25, -0.2) is 4.68 Å². The number of hydrogen-bond acceptors (Lipinski definition) is 2. The fourth-order valence-electron chi connectivity index (χ4n) is 1.59. The number of hydrogen-bond donors (Lipinski definition) is 1. The molecular weight excluding hydrogens is 231 g/mol. The highest BCUT2D eigenvalue weighted by atomic mass is 19.4. The van der Waals surface area contributed by atoms with Crippen molar-refractivity contribution in [3.8, 4) is 5.69 Å². The van der Waals surface area contributed by atoms with E-state index in [0.717, 1.165) is 6.07 Å². The summed E-state index contributed by atoms with van der Waals surface area (Å²) in [4.78, 5) is 0. The molecule has 1 aromatic heterocycles. The largest absolute Gasteiger partial charge is 0.416 e. The zero-order valence-electron chi connectivity index (χ0n) is 8.78. The summed E-state index contributed by atoms with van der Waals surface area (Å²) in [5.74, 6) is 0. The smallest absolute Gasteiger partial charge is 0.326 e. The third kappa shape index (κ3) is 2.31. The Kier molecular flexibility index (Phi) is 2.89. The minimum atomic E-state index is -4.38. The molecule has 2 aromatic rings. The van der Waals surface area contributed by atoms with E-state index in [-0.39, 0.29) is 12.1 Å². The Bertz CT molecular complexity index is 503. The Morgan fingerprint density at radius 1 is 1.29 bits per heavy atom. The molecule has 0 atom stereocenters. The van der Waals surface area contributed by atoms with Crippen molar-refractivity contribution in [1.82, 2.24) is 9.78 Å². The van der Waals surface area contributed by atoms with E-state index in [9.17, 15) is 13.2 Å². The van der Waals surface area contributed by atoms with Crippen LogP contribution in [0.3, 0.4) is 0 Å². The maximum absolute atomic E-state index is 12.6. The van der Waals surface area contributed by atoms with Crippen LogP contribution in [0.25, 0.3) is 5.69 Å². The van der Waals surface area contributed by atoms with Gasteiger partial charge in [0.05, 0.1) is 11.3 Å². The van der Waals surface area contributed by atoms with Gasteiger partial charge in [-0.2, -0.15) is 18.3 Å². The van der Waals surface area contributed by atoms with E-state index >= 15 is 0 Å². The molecule has 0 saturated carbocycles. The lowest BCUT2D eigenvalue weighted by molar-refractivity contribution is -0.138. The average molecular weight is 241 g/mol. The molecule has 1 aromatic carbocycles. The van der Waals surface area contributed by atoms with Crippen LogP contribution in [0, 0.1) is 0 Å². The molecule has 0 amide bonds. The fraction of sp³-hybridized carbons (Fsp3) is 0.182. The molecule has 0 radical (unpaired) electrons. The Balaban J connectivity index is 2.49. The van der Waals surface area contributed by atoms with Crippen molar-refractivity contribution in [2.75, 3.05) is 0 Å². The van der Waals surface area contributed by atoms with E-state index in [1.165, 1.54) is 16.8 Å². The van der Waals surface area contributed by atoms with Gasteiger partial charge in [-0.15, -0.1) is 0 Å². The van der Waals surface area contributed by atoms with Gasteiger partial charge >= 0.3 is 6.18 Å². The third-order valence-corrected chi connectivity index (χ3v) is 2.38. The number of nitrogens with zero attached hydrogens (tertiary/aromatic N) is 2. The van der Waals surface area contributed by atoms with E-state index in [1.807, 2.05) is 0 Å². The molecule has 2 rings (SSSR count). The van der Waals surface area contributed by atoms with Crippen molar-refractivity contribution in [2.45, 2.75) is 12.7 Å². The van der Waals surface area contributed by atoms with Gasteiger partial charge in [-0.1, -0.05) is 0 Å². The number of rotatable bonds is 2. The zero-order chi connectivity index (χ0) is 12.5. The van der Waals surface area contributed by atoms with Crippen LogP contribution in [0.1, 0.15) is 11.1 Å². The van der Waals surface area contributed by atoms with Crippen LogP contribution in [0.2, 0.25) is 0 Å². The summed E-state index contributed by atoms with van der Waals surface area (Å²) in [6.07, 6.45) is -1.17. The van der Waals surface area contributed by atoms with E-state index in [0.29, 0.717) is 5.69 Å². The predicted octanol–water partition coefficient (Wildman–Crippen LogP) is 2.35. The lowest BCUT2D eigenvalue weighted by Crippen LogP contribution is -2.12. The number of nitrogens with two attached hydrogens (primary N) is 1. The molecule has 2 N–H and O–H groups in total. The Labute approximate surface area is 95.7 Å².